The number of hydrogen-bond acceptors (Lipinski definition) is 3. The summed E-state index contributed by atoms with van der Waals surface area (Å²) in [7, 11) is 0. The molecule has 0 aliphatic rings. The predicted molar refractivity (Wildman–Crippen MR) is 83.3 cm³/mol. The van der Waals surface area contributed by atoms with Gasteiger partial charge in [-0.05, 0) is 44.2 Å². The van der Waals surface area contributed by atoms with Crippen molar-refractivity contribution in [3.8, 4) is 0 Å². The molecule has 0 aliphatic heterocycles. The lowest BCUT2D eigenvalue weighted by Gasteiger charge is -2.13. The molecule has 4 heteroatoms. The summed E-state index contributed by atoms with van der Waals surface area (Å²) in [5, 5.41) is 6.04. The molecule has 0 fully saturated rings. The van der Waals surface area contributed by atoms with Gasteiger partial charge in [-0.2, -0.15) is 0 Å². The first-order valence-electron chi connectivity index (χ1n) is 6.61. The van der Waals surface area contributed by atoms with Gasteiger partial charge in [-0.25, -0.2) is 0 Å². The molecule has 104 valence electrons. The Morgan fingerprint density at radius 2 is 1.85 bits per heavy atom. The van der Waals surface area contributed by atoms with Crippen LogP contribution in [-0.4, -0.2) is 12.5 Å². The van der Waals surface area contributed by atoms with E-state index in [4.69, 9.17) is 5.73 Å². The molecule has 0 aliphatic carbocycles. The maximum Gasteiger partial charge on any atom is 0.253 e. The summed E-state index contributed by atoms with van der Waals surface area (Å²) in [6, 6.07) is 13.2. The van der Waals surface area contributed by atoms with Crippen LogP contribution in [0.25, 0.3) is 0 Å². The van der Waals surface area contributed by atoms with Crippen LogP contribution < -0.4 is 16.4 Å². The van der Waals surface area contributed by atoms with E-state index in [2.05, 4.69) is 10.6 Å². The first kappa shape index (κ1) is 13.9. The number of hydrogen-bond donors (Lipinski definition) is 3. The quantitative estimate of drug-likeness (QED) is 0.747. The zero-order valence-corrected chi connectivity index (χ0v) is 11.7. The normalized spacial score (nSPS) is 10.1. The van der Waals surface area contributed by atoms with Crippen LogP contribution in [0.15, 0.2) is 42.5 Å². The molecule has 2 aromatic carbocycles. The summed E-state index contributed by atoms with van der Waals surface area (Å²) in [5.41, 5.74) is 9.83. The Labute approximate surface area is 119 Å². The minimum absolute atomic E-state index is 0.109. The highest BCUT2D eigenvalue weighted by Gasteiger charge is 2.11. The van der Waals surface area contributed by atoms with Crippen molar-refractivity contribution < 1.29 is 4.79 Å². The van der Waals surface area contributed by atoms with Gasteiger partial charge in [0.25, 0.3) is 5.91 Å². The number of rotatable bonds is 4. The molecule has 0 heterocycles. The van der Waals surface area contributed by atoms with E-state index >= 15 is 0 Å². The molecule has 0 aromatic heterocycles. The SMILES string of the molecule is CCNC(=O)c1ccc(N)cc1Nc1ccc(C)cc1. The molecule has 0 unspecified atom stereocenters. The fourth-order valence-corrected chi connectivity index (χ4v) is 1.91. The molecule has 2 rings (SSSR count). The summed E-state index contributed by atoms with van der Waals surface area (Å²) in [4.78, 5) is 12.0. The van der Waals surface area contributed by atoms with Crippen molar-refractivity contribution in [1.29, 1.82) is 0 Å². The van der Waals surface area contributed by atoms with Crippen LogP contribution in [0.1, 0.15) is 22.8 Å². The van der Waals surface area contributed by atoms with Gasteiger partial charge in [0.05, 0.1) is 11.3 Å². The summed E-state index contributed by atoms with van der Waals surface area (Å²) >= 11 is 0. The van der Waals surface area contributed by atoms with Gasteiger partial charge >= 0.3 is 0 Å². The topological polar surface area (TPSA) is 67.2 Å². The van der Waals surface area contributed by atoms with Crippen LogP contribution in [0, 0.1) is 6.92 Å². The fraction of sp³-hybridized carbons (Fsp3) is 0.188. The summed E-state index contributed by atoms with van der Waals surface area (Å²) < 4.78 is 0. The van der Waals surface area contributed by atoms with Crippen molar-refractivity contribution in [2.75, 3.05) is 17.6 Å². The molecule has 0 radical (unpaired) electrons. The Kier molecular flexibility index (Phi) is 4.25. The van der Waals surface area contributed by atoms with E-state index in [0.29, 0.717) is 23.5 Å². The van der Waals surface area contributed by atoms with Gasteiger partial charge < -0.3 is 16.4 Å². The van der Waals surface area contributed by atoms with Crippen molar-refractivity contribution in [2.45, 2.75) is 13.8 Å². The maximum atomic E-state index is 12.0. The molecule has 0 saturated heterocycles. The molecule has 0 bridgehead atoms. The first-order chi connectivity index (χ1) is 9.60. The van der Waals surface area contributed by atoms with Crippen molar-refractivity contribution in [1.82, 2.24) is 5.32 Å². The fourth-order valence-electron chi connectivity index (χ4n) is 1.91. The van der Waals surface area contributed by atoms with E-state index in [1.807, 2.05) is 38.1 Å². The molecule has 2 aromatic rings. The van der Waals surface area contributed by atoms with Gasteiger partial charge in [0, 0.05) is 17.9 Å². The number of amides is 1. The van der Waals surface area contributed by atoms with Crippen LogP contribution in [0.4, 0.5) is 17.1 Å². The molecule has 1 amide bonds. The Morgan fingerprint density at radius 1 is 1.15 bits per heavy atom. The minimum atomic E-state index is -0.109. The van der Waals surface area contributed by atoms with Crippen molar-refractivity contribution in [3.63, 3.8) is 0 Å². The highest BCUT2D eigenvalue weighted by Crippen LogP contribution is 2.24. The van der Waals surface area contributed by atoms with Crippen molar-refractivity contribution in [2.24, 2.45) is 0 Å². The molecule has 20 heavy (non-hydrogen) atoms. The monoisotopic (exact) mass is 269 g/mol. The number of carbonyl (C=O) groups excluding carboxylic acids is 1. The number of carbonyl (C=O) groups is 1. The van der Waals surface area contributed by atoms with Gasteiger partial charge in [-0.1, -0.05) is 17.7 Å². The zero-order chi connectivity index (χ0) is 14.5. The standard InChI is InChI=1S/C16H19N3O/c1-3-18-16(20)14-9-6-12(17)10-15(14)19-13-7-4-11(2)5-8-13/h4-10,19H,3,17H2,1-2H3,(H,18,20). The second-order valence-corrected chi connectivity index (χ2v) is 4.66. The van der Waals surface area contributed by atoms with Crippen LogP contribution in [0.2, 0.25) is 0 Å². The lowest BCUT2D eigenvalue weighted by molar-refractivity contribution is 0.0956. The zero-order valence-electron chi connectivity index (χ0n) is 11.7. The molecule has 4 N–H and O–H groups in total. The van der Waals surface area contributed by atoms with Gasteiger partial charge in [0.2, 0.25) is 0 Å². The number of benzene rings is 2. The van der Waals surface area contributed by atoms with Crippen molar-refractivity contribution >= 4 is 23.0 Å². The largest absolute Gasteiger partial charge is 0.399 e. The van der Waals surface area contributed by atoms with Gasteiger partial charge in [-0.15, -0.1) is 0 Å². The van der Waals surface area contributed by atoms with E-state index in [-0.39, 0.29) is 5.91 Å². The van der Waals surface area contributed by atoms with Gasteiger partial charge in [-0.3, -0.25) is 4.79 Å². The molecule has 0 spiro atoms. The number of nitrogens with one attached hydrogen (secondary N) is 2. The van der Waals surface area contributed by atoms with E-state index in [9.17, 15) is 4.79 Å². The number of nitrogen functional groups attached to an aromatic ring is 1. The Bertz CT molecular complexity index is 606. The minimum Gasteiger partial charge on any atom is -0.399 e. The van der Waals surface area contributed by atoms with E-state index in [0.717, 1.165) is 5.69 Å². The average Bonchev–Trinajstić information content (AvgIpc) is 2.42. The second-order valence-electron chi connectivity index (χ2n) is 4.66. The third-order valence-electron chi connectivity index (χ3n) is 2.96. The van der Waals surface area contributed by atoms with E-state index < -0.39 is 0 Å². The summed E-state index contributed by atoms with van der Waals surface area (Å²) in [6.45, 7) is 4.51. The van der Waals surface area contributed by atoms with Gasteiger partial charge in [0.15, 0.2) is 0 Å². The molecule has 0 atom stereocenters. The summed E-state index contributed by atoms with van der Waals surface area (Å²) in [6.07, 6.45) is 0. The Hall–Kier alpha value is -2.49. The number of aryl methyl sites for hydroxylation is 1. The third-order valence-corrected chi connectivity index (χ3v) is 2.96. The highest BCUT2D eigenvalue weighted by molar-refractivity contribution is 6.00. The molecule has 4 nitrogen and oxygen atoms in total. The first-order valence-corrected chi connectivity index (χ1v) is 6.61. The lowest BCUT2D eigenvalue weighted by Crippen LogP contribution is -2.23. The second kappa shape index (κ2) is 6.10. The highest BCUT2D eigenvalue weighted by atomic mass is 16.1. The van der Waals surface area contributed by atoms with Gasteiger partial charge in [0.1, 0.15) is 0 Å². The number of anilines is 3. The average molecular weight is 269 g/mol. The molecule has 0 saturated carbocycles. The molecular weight excluding hydrogens is 250 g/mol. The van der Waals surface area contributed by atoms with Crippen LogP contribution >= 0.6 is 0 Å². The molecular formula is C16H19N3O. The van der Waals surface area contributed by atoms with Crippen LogP contribution in [-0.2, 0) is 0 Å². The Balaban J connectivity index is 2.31. The third kappa shape index (κ3) is 3.29. The maximum absolute atomic E-state index is 12.0. The van der Waals surface area contributed by atoms with Crippen molar-refractivity contribution in [3.05, 3.63) is 53.6 Å². The Morgan fingerprint density at radius 3 is 2.50 bits per heavy atom. The van der Waals surface area contributed by atoms with Crippen LogP contribution in [0.5, 0.6) is 0 Å². The summed E-state index contributed by atoms with van der Waals surface area (Å²) in [5.74, 6) is -0.109. The lowest BCUT2D eigenvalue weighted by atomic mass is 10.1. The predicted octanol–water partition coefficient (Wildman–Crippen LogP) is 3.07. The van der Waals surface area contributed by atoms with Crippen LogP contribution in [0.3, 0.4) is 0 Å². The smallest absolute Gasteiger partial charge is 0.253 e. The number of nitrogens with two attached hydrogens (primary N) is 1. The van der Waals surface area contributed by atoms with E-state index in [1.165, 1.54) is 5.56 Å². The van der Waals surface area contributed by atoms with E-state index in [1.54, 1.807) is 18.2 Å².